The molecule has 0 radical (unpaired) electrons. The second-order valence-corrected chi connectivity index (χ2v) is 4.77. The van der Waals surface area contributed by atoms with Crippen LogP contribution < -0.4 is 4.74 Å². The number of benzene rings is 1. The summed E-state index contributed by atoms with van der Waals surface area (Å²) in [5.41, 5.74) is 2.56. The smallest absolute Gasteiger partial charge is 0.242 e. The van der Waals surface area contributed by atoms with Crippen LogP contribution in [0, 0.1) is 11.3 Å². The van der Waals surface area contributed by atoms with Gasteiger partial charge in [-0.3, -0.25) is 4.40 Å². The van der Waals surface area contributed by atoms with E-state index in [1.165, 1.54) is 0 Å². The van der Waals surface area contributed by atoms with Gasteiger partial charge in [-0.05, 0) is 29.8 Å². The summed E-state index contributed by atoms with van der Waals surface area (Å²) in [5.74, 6) is 1.49. The molecule has 0 saturated heterocycles. The molecule has 0 unspecified atom stereocenters. The molecule has 0 amide bonds. The summed E-state index contributed by atoms with van der Waals surface area (Å²) in [4.78, 5) is 4.44. The molecule has 0 aliphatic carbocycles. The number of halogens is 1. The lowest BCUT2D eigenvalue weighted by Gasteiger charge is -2.05. The SMILES string of the molecule is N#CCc1ccc(Oc2nc3ccccn3c2CCl)cc1. The minimum atomic E-state index is 0.313. The van der Waals surface area contributed by atoms with Gasteiger partial charge in [0.15, 0.2) is 0 Å². The van der Waals surface area contributed by atoms with Crippen LogP contribution in [0.15, 0.2) is 48.7 Å². The van der Waals surface area contributed by atoms with Crippen LogP contribution >= 0.6 is 11.6 Å². The molecule has 0 spiro atoms. The third-order valence-corrected chi connectivity index (χ3v) is 3.39. The lowest BCUT2D eigenvalue weighted by Crippen LogP contribution is -1.92. The van der Waals surface area contributed by atoms with Gasteiger partial charge >= 0.3 is 0 Å². The number of rotatable bonds is 4. The van der Waals surface area contributed by atoms with Gasteiger partial charge in [-0.2, -0.15) is 10.2 Å². The topological polar surface area (TPSA) is 50.3 Å². The summed E-state index contributed by atoms with van der Waals surface area (Å²) in [6.45, 7) is 0. The van der Waals surface area contributed by atoms with Crippen molar-refractivity contribution in [2.45, 2.75) is 12.3 Å². The molecule has 3 rings (SSSR count). The van der Waals surface area contributed by atoms with E-state index in [0.717, 1.165) is 16.9 Å². The summed E-state index contributed by atoms with van der Waals surface area (Å²) >= 11 is 6.01. The highest BCUT2D eigenvalue weighted by molar-refractivity contribution is 6.17. The average Bonchev–Trinajstić information content (AvgIpc) is 2.86. The maximum Gasteiger partial charge on any atom is 0.242 e. The zero-order valence-corrected chi connectivity index (χ0v) is 11.9. The van der Waals surface area contributed by atoms with Gasteiger partial charge in [0, 0.05) is 6.20 Å². The van der Waals surface area contributed by atoms with Crippen molar-refractivity contribution < 1.29 is 4.74 Å². The summed E-state index contributed by atoms with van der Waals surface area (Å²) < 4.78 is 7.73. The third-order valence-electron chi connectivity index (χ3n) is 3.14. The molecule has 0 fully saturated rings. The number of nitrogens with zero attached hydrogens (tertiary/aromatic N) is 3. The fraction of sp³-hybridized carbons (Fsp3) is 0.125. The number of pyridine rings is 1. The van der Waals surface area contributed by atoms with Crippen LogP contribution in [0.1, 0.15) is 11.3 Å². The summed E-state index contributed by atoms with van der Waals surface area (Å²) in [6.07, 6.45) is 2.30. The average molecular weight is 298 g/mol. The summed E-state index contributed by atoms with van der Waals surface area (Å²) in [7, 11) is 0. The Balaban J connectivity index is 1.92. The second kappa shape index (κ2) is 5.86. The first-order chi connectivity index (χ1) is 10.3. The van der Waals surface area contributed by atoms with Crippen molar-refractivity contribution in [2.75, 3.05) is 0 Å². The largest absolute Gasteiger partial charge is 0.437 e. The molecule has 0 N–H and O–H groups in total. The highest BCUT2D eigenvalue weighted by Gasteiger charge is 2.12. The predicted octanol–water partition coefficient (Wildman–Crippen LogP) is 3.93. The van der Waals surface area contributed by atoms with Gasteiger partial charge in [0.05, 0.1) is 18.4 Å². The minimum Gasteiger partial charge on any atom is -0.437 e. The van der Waals surface area contributed by atoms with Gasteiger partial charge in [-0.25, -0.2) is 0 Å². The van der Waals surface area contributed by atoms with Gasteiger partial charge < -0.3 is 4.74 Å². The van der Waals surface area contributed by atoms with E-state index < -0.39 is 0 Å². The highest BCUT2D eigenvalue weighted by atomic mass is 35.5. The fourth-order valence-electron chi connectivity index (χ4n) is 2.11. The summed E-state index contributed by atoms with van der Waals surface area (Å²) in [5, 5.41) is 8.66. The van der Waals surface area contributed by atoms with E-state index >= 15 is 0 Å². The van der Waals surface area contributed by atoms with E-state index in [1.807, 2.05) is 53.1 Å². The van der Waals surface area contributed by atoms with Crippen molar-refractivity contribution in [1.82, 2.24) is 9.38 Å². The number of hydrogen-bond donors (Lipinski definition) is 0. The minimum absolute atomic E-state index is 0.313. The molecule has 21 heavy (non-hydrogen) atoms. The van der Waals surface area contributed by atoms with Crippen LogP contribution in [0.25, 0.3) is 5.65 Å². The van der Waals surface area contributed by atoms with E-state index in [2.05, 4.69) is 11.1 Å². The van der Waals surface area contributed by atoms with Gasteiger partial charge in [0.2, 0.25) is 5.88 Å². The molecule has 3 aromatic rings. The number of aromatic nitrogens is 2. The molecular formula is C16H12ClN3O. The van der Waals surface area contributed by atoms with E-state index in [9.17, 15) is 0 Å². The molecule has 1 aromatic carbocycles. The van der Waals surface area contributed by atoms with Crippen molar-refractivity contribution in [2.24, 2.45) is 0 Å². The van der Waals surface area contributed by atoms with E-state index in [1.54, 1.807) is 0 Å². The molecule has 0 atom stereocenters. The van der Waals surface area contributed by atoms with Gasteiger partial charge in [-0.1, -0.05) is 18.2 Å². The molecule has 4 nitrogen and oxygen atoms in total. The van der Waals surface area contributed by atoms with Crippen LogP contribution in [0.4, 0.5) is 0 Å². The first-order valence-electron chi connectivity index (χ1n) is 6.47. The van der Waals surface area contributed by atoms with Crippen LogP contribution in [-0.2, 0) is 12.3 Å². The van der Waals surface area contributed by atoms with E-state index in [-0.39, 0.29) is 0 Å². The molecule has 2 aromatic heterocycles. The normalized spacial score (nSPS) is 10.5. The highest BCUT2D eigenvalue weighted by Crippen LogP contribution is 2.27. The Labute approximate surface area is 127 Å². The Bertz CT molecular complexity index is 802. The van der Waals surface area contributed by atoms with Gasteiger partial charge in [0.25, 0.3) is 0 Å². The number of hydrogen-bond acceptors (Lipinski definition) is 3. The van der Waals surface area contributed by atoms with Crippen LogP contribution in [0.3, 0.4) is 0 Å². The first kappa shape index (κ1) is 13.5. The maximum absolute atomic E-state index is 8.66. The quantitative estimate of drug-likeness (QED) is 0.686. The van der Waals surface area contributed by atoms with Crippen LogP contribution in [0.5, 0.6) is 11.6 Å². The van der Waals surface area contributed by atoms with Crippen molar-refractivity contribution in [3.63, 3.8) is 0 Å². The molecule has 0 bridgehead atoms. The molecule has 5 heteroatoms. The zero-order valence-electron chi connectivity index (χ0n) is 11.2. The molecule has 2 heterocycles. The standard InChI is InChI=1S/C16H12ClN3O/c17-11-14-16(19-15-3-1-2-10-20(14)15)21-13-6-4-12(5-7-13)8-9-18/h1-7,10H,8,11H2. The second-order valence-electron chi connectivity index (χ2n) is 4.51. The Kier molecular flexibility index (Phi) is 3.76. The van der Waals surface area contributed by atoms with Crippen molar-refractivity contribution in [3.05, 3.63) is 59.9 Å². The number of ether oxygens (including phenoxy) is 1. The molecule has 0 aliphatic rings. The lowest BCUT2D eigenvalue weighted by atomic mass is 10.2. The van der Waals surface area contributed by atoms with Gasteiger partial charge in [-0.15, -0.1) is 11.6 Å². The monoisotopic (exact) mass is 297 g/mol. The number of fused-ring (bicyclic) bond motifs is 1. The molecule has 104 valence electrons. The Morgan fingerprint density at radius 1 is 1.19 bits per heavy atom. The van der Waals surface area contributed by atoms with E-state index in [0.29, 0.717) is 23.9 Å². The Morgan fingerprint density at radius 3 is 2.71 bits per heavy atom. The van der Waals surface area contributed by atoms with Crippen LogP contribution in [0.2, 0.25) is 0 Å². The van der Waals surface area contributed by atoms with Crippen LogP contribution in [-0.4, -0.2) is 9.38 Å². The summed E-state index contributed by atoms with van der Waals surface area (Å²) in [6, 6.07) is 15.3. The third kappa shape index (κ3) is 2.69. The molecule has 0 saturated carbocycles. The molecular weight excluding hydrogens is 286 g/mol. The Morgan fingerprint density at radius 2 is 2.00 bits per heavy atom. The van der Waals surface area contributed by atoms with Crippen molar-refractivity contribution in [1.29, 1.82) is 5.26 Å². The Hall–Kier alpha value is -2.51. The molecule has 0 aliphatic heterocycles. The van der Waals surface area contributed by atoms with Crippen molar-refractivity contribution in [3.8, 4) is 17.7 Å². The van der Waals surface area contributed by atoms with Crippen molar-refractivity contribution >= 4 is 17.2 Å². The number of alkyl halides is 1. The maximum atomic E-state index is 8.66. The van der Waals surface area contributed by atoms with E-state index in [4.69, 9.17) is 21.6 Å². The predicted molar refractivity (Wildman–Crippen MR) is 80.6 cm³/mol. The lowest BCUT2D eigenvalue weighted by molar-refractivity contribution is 0.461. The fourth-order valence-corrected chi connectivity index (χ4v) is 2.35. The number of imidazole rings is 1. The van der Waals surface area contributed by atoms with Gasteiger partial charge in [0.1, 0.15) is 17.1 Å². The first-order valence-corrected chi connectivity index (χ1v) is 7.01. The zero-order chi connectivity index (χ0) is 14.7. The number of nitriles is 1.